The number of H-pyrrole nitrogens is 2. The number of para-hydroxylation sites is 1. The SMILES string of the molecule is CC(C)(Nc1nc(-c2c[nH]c3nc[nH+]cc23)nc2ccccc12)C(=O)NCC(F)(F)F. The van der Waals surface area contributed by atoms with Crippen LogP contribution in [0.25, 0.3) is 33.3 Å². The molecule has 0 bridgehead atoms. The van der Waals surface area contributed by atoms with Gasteiger partial charge in [-0.25, -0.2) is 15.0 Å². The molecule has 0 spiro atoms. The lowest BCUT2D eigenvalue weighted by atomic mass is 10.0. The zero-order valence-electron chi connectivity index (χ0n) is 16.6. The Kier molecular flexibility index (Phi) is 4.96. The third-order valence-corrected chi connectivity index (χ3v) is 4.69. The molecular formula is C20H19F3N7O+. The predicted molar refractivity (Wildman–Crippen MR) is 108 cm³/mol. The van der Waals surface area contributed by atoms with Crippen LogP contribution in [0.3, 0.4) is 0 Å². The smallest absolute Gasteiger partial charge is 0.356 e. The number of hydrogen-bond acceptors (Lipinski definition) is 5. The molecule has 3 aromatic heterocycles. The predicted octanol–water partition coefficient (Wildman–Crippen LogP) is 2.86. The van der Waals surface area contributed by atoms with Crippen molar-refractivity contribution < 1.29 is 22.9 Å². The number of fused-ring (bicyclic) bond motifs is 2. The Morgan fingerprint density at radius 1 is 1.16 bits per heavy atom. The molecule has 0 aliphatic rings. The van der Waals surface area contributed by atoms with Crippen LogP contribution >= 0.6 is 0 Å². The molecule has 4 N–H and O–H groups in total. The molecule has 3 heterocycles. The maximum atomic E-state index is 12.5. The number of nitrogens with one attached hydrogen (secondary N) is 4. The van der Waals surface area contributed by atoms with Gasteiger partial charge in [-0.15, -0.1) is 0 Å². The Bertz CT molecular complexity index is 1270. The maximum absolute atomic E-state index is 12.5. The maximum Gasteiger partial charge on any atom is 0.405 e. The summed E-state index contributed by atoms with van der Waals surface area (Å²) in [6, 6.07) is 7.17. The first kappa shape index (κ1) is 20.5. The van der Waals surface area contributed by atoms with Gasteiger partial charge in [0.2, 0.25) is 5.91 Å². The van der Waals surface area contributed by atoms with Gasteiger partial charge in [0, 0.05) is 11.6 Å². The molecule has 0 aliphatic heterocycles. The number of carbonyl (C=O) groups is 1. The van der Waals surface area contributed by atoms with Crippen molar-refractivity contribution in [3.05, 3.63) is 43.0 Å². The number of alkyl halides is 3. The van der Waals surface area contributed by atoms with Crippen molar-refractivity contribution in [2.24, 2.45) is 0 Å². The number of aromatic amines is 2. The molecule has 0 unspecified atom stereocenters. The van der Waals surface area contributed by atoms with Crippen LogP contribution in [0.1, 0.15) is 13.8 Å². The number of anilines is 1. The van der Waals surface area contributed by atoms with Crippen molar-refractivity contribution in [1.29, 1.82) is 0 Å². The van der Waals surface area contributed by atoms with E-state index in [9.17, 15) is 18.0 Å². The van der Waals surface area contributed by atoms with Crippen molar-refractivity contribution in [2.75, 3.05) is 11.9 Å². The Morgan fingerprint density at radius 2 is 1.94 bits per heavy atom. The highest BCUT2D eigenvalue weighted by Gasteiger charge is 2.33. The van der Waals surface area contributed by atoms with E-state index in [2.05, 4.69) is 30.2 Å². The first-order valence-corrected chi connectivity index (χ1v) is 9.38. The third-order valence-electron chi connectivity index (χ3n) is 4.69. The van der Waals surface area contributed by atoms with Gasteiger partial charge in [0.05, 0.1) is 16.5 Å². The summed E-state index contributed by atoms with van der Waals surface area (Å²) in [5, 5.41) is 6.30. The molecular weight excluding hydrogens is 411 g/mol. The van der Waals surface area contributed by atoms with Gasteiger partial charge in [0.15, 0.2) is 5.82 Å². The lowest BCUT2D eigenvalue weighted by Crippen LogP contribution is -2.50. The Morgan fingerprint density at radius 3 is 2.71 bits per heavy atom. The van der Waals surface area contributed by atoms with Crippen LogP contribution < -0.4 is 15.6 Å². The number of rotatable bonds is 5. The average Bonchev–Trinajstić information content (AvgIpc) is 3.15. The van der Waals surface area contributed by atoms with Gasteiger partial charge >= 0.3 is 6.18 Å². The van der Waals surface area contributed by atoms with E-state index in [4.69, 9.17) is 0 Å². The minimum absolute atomic E-state index is 0.329. The normalized spacial score (nSPS) is 12.3. The van der Waals surface area contributed by atoms with Crippen LogP contribution in [-0.2, 0) is 4.79 Å². The lowest BCUT2D eigenvalue weighted by Gasteiger charge is -2.26. The molecule has 0 aliphatic carbocycles. The van der Waals surface area contributed by atoms with Crippen LogP contribution in [0.4, 0.5) is 19.0 Å². The summed E-state index contributed by atoms with van der Waals surface area (Å²) in [5.41, 5.74) is 0.581. The Hall–Kier alpha value is -3.76. The lowest BCUT2D eigenvalue weighted by molar-refractivity contribution is -0.380. The number of carbonyl (C=O) groups excluding carboxylic acids is 1. The van der Waals surface area contributed by atoms with Gasteiger partial charge < -0.3 is 15.6 Å². The molecule has 4 rings (SSSR count). The standard InChI is InChI=1S/C20H18F3N7O/c1-19(2,18(31)26-9-20(21,22)23)30-17-11-5-3-4-6-14(11)28-16(29-17)13-8-25-15-12(13)7-24-10-27-15/h3-8,10H,9H2,1-2H3,(H,26,31)(H,24,25,27)(H,28,29,30)/p+1. The molecule has 0 fully saturated rings. The molecule has 0 radical (unpaired) electrons. The van der Waals surface area contributed by atoms with E-state index in [1.165, 1.54) is 13.8 Å². The number of amides is 1. The van der Waals surface area contributed by atoms with E-state index in [0.717, 1.165) is 5.39 Å². The van der Waals surface area contributed by atoms with Crippen LogP contribution in [0.5, 0.6) is 0 Å². The second kappa shape index (κ2) is 7.49. The van der Waals surface area contributed by atoms with Crippen LogP contribution in [0, 0.1) is 0 Å². The van der Waals surface area contributed by atoms with E-state index in [1.54, 1.807) is 36.9 Å². The second-order valence-corrected chi connectivity index (χ2v) is 7.49. The highest BCUT2D eigenvalue weighted by atomic mass is 19.4. The first-order chi connectivity index (χ1) is 14.6. The van der Waals surface area contributed by atoms with Crippen LogP contribution in [0.2, 0.25) is 0 Å². The molecule has 4 aromatic rings. The van der Waals surface area contributed by atoms with Crippen molar-refractivity contribution in [1.82, 2.24) is 25.3 Å². The number of halogens is 3. The third kappa shape index (κ3) is 4.25. The van der Waals surface area contributed by atoms with E-state index in [-0.39, 0.29) is 0 Å². The second-order valence-electron chi connectivity index (χ2n) is 7.49. The van der Waals surface area contributed by atoms with Crippen LogP contribution in [0.15, 0.2) is 43.0 Å². The summed E-state index contributed by atoms with van der Waals surface area (Å²) < 4.78 is 37.5. The van der Waals surface area contributed by atoms with E-state index in [0.29, 0.717) is 33.8 Å². The first-order valence-electron chi connectivity index (χ1n) is 9.38. The molecule has 31 heavy (non-hydrogen) atoms. The number of aromatic nitrogens is 5. The van der Waals surface area contributed by atoms with Gasteiger partial charge in [0.25, 0.3) is 12.0 Å². The molecule has 0 atom stereocenters. The fourth-order valence-corrected chi connectivity index (χ4v) is 3.13. The van der Waals surface area contributed by atoms with Crippen molar-refractivity contribution in [2.45, 2.75) is 25.6 Å². The average molecular weight is 430 g/mol. The van der Waals surface area contributed by atoms with Crippen LogP contribution in [-0.4, -0.2) is 44.1 Å². The molecule has 1 aromatic carbocycles. The van der Waals surface area contributed by atoms with E-state index >= 15 is 0 Å². The van der Waals surface area contributed by atoms with E-state index in [1.807, 2.05) is 11.4 Å². The van der Waals surface area contributed by atoms with Crippen molar-refractivity contribution in [3.8, 4) is 11.4 Å². The molecule has 0 saturated carbocycles. The Balaban J connectivity index is 1.74. The summed E-state index contributed by atoms with van der Waals surface area (Å²) in [7, 11) is 0. The minimum atomic E-state index is -4.50. The largest absolute Gasteiger partial charge is 0.405 e. The summed E-state index contributed by atoms with van der Waals surface area (Å²) in [4.78, 5) is 31.8. The summed E-state index contributed by atoms with van der Waals surface area (Å²) in [6.07, 6.45) is 0.523. The fraction of sp³-hybridized carbons (Fsp3) is 0.250. The number of hydrogen-bond donors (Lipinski definition) is 3. The minimum Gasteiger partial charge on any atom is -0.356 e. The molecule has 11 heteroatoms. The highest BCUT2D eigenvalue weighted by Crippen LogP contribution is 2.30. The molecule has 0 saturated heterocycles. The zero-order chi connectivity index (χ0) is 22.2. The number of benzene rings is 1. The van der Waals surface area contributed by atoms with Gasteiger partial charge in [0.1, 0.15) is 24.1 Å². The van der Waals surface area contributed by atoms with Gasteiger partial charge in [-0.1, -0.05) is 12.1 Å². The monoisotopic (exact) mass is 430 g/mol. The Labute approximate surface area is 174 Å². The topological polar surface area (TPSA) is 110 Å². The molecule has 160 valence electrons. The van der Waals surface area contributed by atoms with Crippen molar-refractivity contribution in [3.63, 3.8) is 0 Å². The number of nitrogens with zero attached hydrogens (tertiary/aromatic N) is 3. The van der Waals surface area contributed by atoms with E-state index < -0.39 is 24.2 Å². The summed E-state index contributed by atoms with van der Waals surface area (Å²) in [6.45, 7) is 1.56. The highest BCUT2D eigenvalue weighted by molar-refractivity contribution is 5.97. The fourth-order valence-electron chi connectivity index (χ4n) is 3.13. The molecule has 8 nitrogen and oxygen atoms in total. The van der Waals surface area contributed by atoms with Gasteiger partial charge in [-0.05, 0) is 31.0 Å². The quantitative estimate of drug-likeness (QED) is 0.451. The van der Waals surface area contributed by atoms with Crippen molar-refractivity contribution >= 4 is 33.7 Å². The van der Waals surface area contributed by atoms with Gasteiger partial charge in [-0.3, -0.25) is 4.79 Å². The molecule has 1 amide bonds. The summed E-state index contributed by atoms with van der Waals surface area (Å²) >= 11 is 0. The zero-order valence-corrected chi connectivity index (χ0v) is 16.6. The van der Waals surface area contributed by atoms with Gasteiger partial charge in [-0.2, -0.15) is 13.2 Å². The summed E-state index contributed by atoms with van der Waals surface area (Å²) in [5.74, 6) is -0.102.